The molecule has 0 aliphatic rings. The van der Waals surface area contributed by atoms with Crippen LogP contribution < -0.4 is 5.73 Å². The predicted molar refractivity (Wildman–Crippen MR) is 68.9 cm³/mol. The Hall–Kier alpha value is -1.61. The lowest BCUT2D eigenvalue weighted by Gasteiger charge is -2.05. The molecule has 3 heteroatoms. The molecule has 0 radical (unpaired) electrons. The van der Waals surface area contributed by atoms with Crippen LogP contribution >= 0.6 is 0 Å². The molecule has 1 aromatic heterocycles. The van der Waals surface area contributed by atoms with E-state index >= 15 is 0 Å². The van der Waals surface area contributed by atoms with E-state index in [9.17, 15) is 0 Å². The lowest BCUT2D eigenvalue weighted by molar-refractivity contribution is 0.476. The van der Waals surface area contributed by atoms with E-state index in [1.807, 2.05) is 6.92 Å². The second kappa shape index (κ2) is 4.72. The average Bonchev–Trinajstić information content (AvgIpc) is 2.64. The van der Waals surface area contributed by atoms with Crippen molar-refractivity contribution < 1.29 is 4.42 Å². The second-order valence-corrected chi connectivity index (χ2v) is 4.36. The van der Waals surface area contributed by atoms with Gasteiger partial charge in [0.25, 0.3) is 0 Å². The van der Waals surface area contributed by atoms with Crippen LogP contribution in [0.3, 0.4) is 0 Å². The zero-order valence-corrected chi connectivity index (χ0v) is 10.6. The quantitative estimate of drug-likeness (QED) is 0.882. The molecule has 0 aliphatic heterocycles. The van der Waals surface area contributed by atoms with Gasteiger partial charge in [-0.15, -0.1) is 0 Å². The Morgan fingerprint density at radius 2 is 2.00 bits per heavy atom. The molecular formula is C14H18N2O. The van der Waals surface area contributed by atoms with E-state index in [1.165, 1.54) is 11.1 Å². The summed E-state index contributed by atoms with van der Waals surface area (Å²) in [5.74, 6) is 1.59. The largest absolute Gasteiger partial charge is 0.445 e. The summed E-state index contributed by atoms with van der Waals surface area (Å²) < 4.78 is 5.61. The van der Waals surface area contributed by atoms with E-state index in [-0.39, 0.29) is 0 Å². The Kier molecular flexibility index (Phi) is 3.29. The van der Waals surface area contributed by atoms with Crippen LogP contribution in [0.4, 0.5) is 0 Å². The summed E-state index contributed by atoms with van der Waals surface area (Å²) in [7, 11) is 0. The smallest absolute Gasteiger partial charge is 0.191 e. The number of benzene rings is 1. The Labute approximate surface area is 102 Å². The molecule has 2 aromatic rings. The summed E-state index contributed by atoms with van der Waals surface area (Å²) in [5, 5.41) is 0. The summed E-state index contributed by atoms with van der Waals surface area (Å²) in [4.78, 5) is 4.48. The third-order valence-corrected chi connectivity index (χ3v) is 2.82. The van der Waals surface area contributed by atoms with Gasteiger partial charge in [0.2, 0.25) is 0 Å². The highest BCUT2D eigenvalue weighted by atomic mass is 16.4. The van der Waals surface area contributed by atoms with Crippen molar-refractivity contribution in [3.05, 3.63) is 41.0 Å². The van der Waals surface area contributed by atoms with Crippen LogP contribution in [0.5, 0.6) is 0 Å². The fourth-order valence-corrected chi connectivity index (χ4v) is 1.97. The van der Waals surface area contributed by atoms with E-state index in [2.05, 4.69) is 37.0 Å². The SMILES string of the molecule is Cc1ccc(C)c(-c2nc(C)oc2CCN)c1. The van der Waals surface area contributed by atoms with Gasteiger partial charge in [-0.25, -0.2) is 4.98 Å². The maximum Gasteiger partial charge on any atom is 0.191 e. The Morgan fingerprint density at radius 1 is 1.24 bits per heavy atom. The zero-order valence-electron chi connectivity index (χ0n) is 10.6. The molecule has 0 saturated heterocycles. The van der Waals surface area contributed by atoms with Gasteiger partial charge < -0.3 is 10.2 Å². The molecule has 0 amide bonds. The number of rotatable bonds is 3. The maximum absolute atomic E-state index is 5.61. The first kappa shape index (κ1) is 11.9. The van der Waals surface area contributed by atoms with Crippen LogP contribution in [0.25, 0.3) is 11.3 Å². The lowest BCUT2D eigenvalue weighted by atomic mass is 10.0. The summed E-state index contributed by atoms with van der Waals surface area (Å²) in [6, 6.07) is 6.36. The summed E-state index contributed by atoms with van der Waals surface area (Å²) in [6.45, 7) is 6.62. The van der Waals surface area contributed by atoms with Gasteiger partial charge in [-0.05, 0) is 32.0 Å². The Bertz CT molecular complexity index is 529. The van der Waals surface area contributed by atoms with Crippen LogP contribution in [-0.4, -0.2) is 11.5 Å². The van der Waals surface area contributed by atoms with Crippen molar-refractivity contribution in [1.82, 2.24) is 4.98 Å². The molecule has 2 rings (SSSR count). The second-order valence-electron chi connectivity index (χ2n) is 4.36. The normalized spacial score (nSPS) is 10.8. The molecule has 0 aliphatic carbocycles. The van der Waals surface area contributed by atoms with Crippen molar-refractivity contribution in [2.75, 3.05) is 6.54 Å². The molecule has 17 heavy (non-hydrogen) atoms. The maximum atomic E-state index is 5.61. The lowest BCUT2D eigenvalue weighted by Crippen LogP contribution is -2.03. The van der Waals surface area contributed by atoms with E-state index in [0.29, 0.717) is 12.4 Å². The third kappa shape index (κ3) is 2.39. The molecule has 3 nitrogen and oxygen atoms in total. The topological polar surface area (TPSA) is 52.0 Å². The molecule has 1 aromatic carbocycles. The van der Waals surface area contributed by atoms with Crippen molar-refractivity contribution >= 4 is 0 Å². The number of oxazole rings is 1. The average molecular weight is 230 g/mol. The van der Waals surface area contributed by atoms with Crippen LogP contribution in [0.1, 0.15) is 22.8 Å². The van der Waals surface area contributed by atoms with Gasteiger partial charge >= 0.3 is 0 Å². The minimum atomic E-state index is 0.576. The van der Waals surface area contributed by atoms with Gasteiger partial charge in [-0.3, -0.25) is 0 Å². The molecule has 0 saturated carbocycles. The van der Waals surface area contributed by atoms with E-state index in [0.717, 1.165) is 23.4 Å². The highest BCUT2D eigenvalue weighted by Gasteiger charge is 2.14. The number of nitrogens with two attached hydrogens (primary N) is 1. The molecule has 1 heterocycles. The standard InChI is InChI=1S/C14H18N2O/c1-9-4-5-10(2)12(8-9)14-13(6-7-15)17-11(3)16-14/h4-5,8H,6-7,15H2,1-3H3. The molecule has 0 unspecified atom stereocenters. The summed E-state index contributed by atoms with van der Waals surface area (Å²) >= 11 is 0. The van der Waals surface area contributed by atoms with Gasteiger partial charge in [-0.1, -0.05) is 17.7 Å². The van der Waals surface area contributed by atoms with Crippen LogP contribution in [0, 0.1) is 20.8 Å². The van der Waals surface area contributed by atoms with Crippen molar-refractivity contribution in [3.63, 3.8) is 0 Å². The van der Waals surface area contributed by atoms with E-state index in [4.69, 9.17) is 10.2 Å². The summed E-state index contributed by atoms with van der Waals surface area (Å²) in [5.41, 5.74) is 10.1. The highest BCUT2D eigenvalue weighted by Crippen LogP contribution is 2.28. The van der Waals surface area contributed by atoms with Crippen molar-refractivity contribution in [2.24, 2.45) is 5.73 Å². The minimum Gasteiger partial charge on any atom is -0.445 e. The number of hydrogen-bond donors (Lipinski definition) is 1. The first-order valence-electron chi connectivity index (χ1n) is 5.86. The zero-order chi connectivity index (χ0) is 12.4. The molecule has 0 spiro atoms. The monoisotopic (exact) mass is 230 g/mol. The number of hydrogen-bond acceptors (Lipinski definition) is 3. The van der Waals surface area contributed by atoms with Gasteiger partial charge in [-0.2, -0.15) is 0 Å². The van der Waals surface area contributed by atoms with Gasteiger partial charge in [0, 0.05) is 18.9 Å². The van der Waals surface area contributed by atoms with Crippen molar-refractivity contribution in [1.29, 1.82) is 0 Å². The van der Waals surface area contributed by atoms with E-state index < -0.39 is 0 Å². The molecule has 0 bridgehead atoms. The molecular weight excluding hydrogens is 212 g/mol. The van der Waals surface area contributed by atoms with Crippen LogP contribution in [0.15, 0.2) is 22.6 Å². The number of aromatic nitrogens is 1. The molecule has 0 fully saturated rings. The van der Waals surface area contributed by atoms with Crippen molar-refractivity contribution in [3.8, 4) is 11.3 Å². The van der Waals surface area contributed by atoms with Gasteiger partial charge in [0.1, 0.15) is 11.5 Å². The van der Waals surface area contributed by atoms with E-state index in [1.54, 1.807) is 0 Å². The van der Waals surface area contributed by atoms with Crippen molar-refractivity contribution in [2.45, 2.75) is 27.2 Å². The molecule has 2 N–H and O–H groups in total. The first-order chi connectivity index (χ1) is 8.11. The van der Waals surface area contributed by atoms with Crippen LogP contribution in [-0.2, 0) is 6.42 Å². The van der Waals surface area contributed by atoms with Gasteiger partial charge in [0.05, 0.1) is 0 Å². The highest BCUT2D eigenvalue weighted by molar-refractivity contribution is 5.66. The molecule has 90 valence electrons. The fraction of sp³-hybridized carbons (Fsp3) is 0.357. The Balaban J connectivity index is 2.55. The molecule has 0 atom stereocenters. The number of nitrogens with zero attached hydrogens (tertiary/aromatic N) is 1. The van der Waals surface area contributed by atoms with Gasteiger partial charge in [0.15, 0.2) is 5.89 Å². The summed E-state index contributed by atoms with van der Waals surface area (Å²) in [6.07, 6.45) is 0.726. The third-order valence-electron chi connectivity index (χ3n) is 2.82. The van der Waals surface area contributed by atoms with Crippen LogP contribution in [0.2, 0.25) is 0 Å². The minimum absolute atomic E-state index is 0.576. The first-order valence-corrected chi connectivity index (χ1v) is 5.86. The number of aryl methyl sites for hydroxylation is 3. The Morgan fingerprint density at radius 3 is 2.71 bits per heavy atom. The predicted octanol–water partition coefficient (Wildman–Crippen LogP) is 2.77. The fourth-order valence-electron chi connectivity index (χ4n) is 1.97.